The maximum atomic E-state index is 12.4. The second kappa shape index (κ2) is 6.75. The van der Waals surface area contributed by atoms with Crippen LogP contribution in [-0.4, -0.2) is 42.4 Å². The number of hydrogen-bond donors (Lipinski definition) is 1. The lowest BCUT2D eigenvalue weighted by molar-refractivity contribution is -0.122. The first-order valence-corrected chi connectivity index (χ1v) is 8.69. The smallest absolute Gasteiger partial charge is 0.262 e. The molecule has 2 aromatic rings. The molecule has 2 heterocycles. The molecule has 3 amide bonds. The molecule has 0 saturated carbocycles. The van der Waals surface area contributed by atoms with E-state index in [9.17, 15) is 14.4 Å². The average Bonchev–Trinajstić information content (AvgIpc) is 2.92. The molecule has 1 N–H and O–H groups in total. The normalized spacial score (nSPS) is 16.1. The Bertz CT molecular complexity index is 905. The van der Waals surface area contributed by atoms with Crippen molar-refractivity contribution in [1.29, 1.82) is 0 Å². The van der Waals surface area contributed by atoms with Crippen LogP contribution in [0.1, 0.15) is 39.2 Å². The van der Waals surface area contributed by atoms with Crippen LogP contribution in [0.15, 0.2) is 42.5 Å². The Morgan fingerprint density at radius 3 is 2.33 bits per heavy atom. The molecule has 27 heavy (non-hydrogen) atoms. The van der Waals surface area contributed by atoms with E-state index in [-0.39, 0.29) is 12.6 Å². The van der Waals surface area contributed by atoms with E-state index in [1.165, 1.54) is 0 Å². The summed E-state index contributed by atoms with van der Waals surface area (Å²) in [7, 11) is 0. The highest BCUT2D eigenvalue weighted by Gasteiger charge is 2.36. The van der Waals surface area contributed by atoms with Crippen LogP contribution in [0.5, 0.6) is 11.5 Å². The lowest BCUT2D eigenvalue weighted by Crippen LogP contribution is -2.41. The highest BCUT2D eigenvalue weighted by atomic mass is 16.6. The molecule has 0 fully saturated rings. The molecule has 0 bridgehead atoms. The maximum Gasteiger partial charge on any atom is 0.262 e. The van der Waals surface area contributed by atoms with Gasteiger partial charge >= 0.3 is 0 Å². The molecule has 138 valence electrons. The summed E-state index contributed by atoms with van der Waals surface area (Å²) in [5.74, 6) is 0.0112. The summed E-state index contributed by atoms with van der Waals surface area (Å²) in [6.07, 6.45) is 0. The Hall–Kier alpha value is -3.35. The van der Waals surface area contributed by atoms with Crippen molar-refractivity contribution in [3.63, 3.8) is 0 Å². The first kappa shape index (κ1) is 17.1. The number of fused-ring (bicyclic) bond motifs is 2. The Morgan fingerprint density at radius 1 is 1.04 bits per heavy atom. The number of imide groups is 1. The van der Waals surface area contributed by atoms with Crippen molar-refractivity contribution in [2.45, 2.75) is 13.0 Å². The largest absolute Gasteiger partial charge is 0.486 e. The molecular weight excluding hydrogens is 348 g/mol. The van der Waals surface area contributed by atoms with Crippen LogP contribution in [0.2, 0.25) is 0 Å². The van der Waals surface area contributed by atoms with Gasteiger partial charge in [-0.1, -0.05) is 18.2 Å². The number of hydrogen-bond acceptors (Lipinski definition) is 5. The Kier molecular flexibility index (Phi) is 4.27. The third-order valence-corrected chi connectivity index (χ3v) is 4.62. The second-order valence-corrected chi connectivity index (χ2v) is 6.43. The Labute approximate surface area is 155 Å². The molecule has 0 spiro atoms. The van der Waals surface area contributed by atoms with Gasteiger partial charge in [0, 0.05) is 0 Å². The van der Waals surface area contributed by atoms with E-state index < -0.39 is 17.7 Å². The van der Waals surface area contributed by atoms with Gasteiger partial charge in [-0.3, -0.25) is 19.3 Å². The summed E-state index contributed by atoms with van der Waals surface area (Å²) in [5.41, 5.74) is 1.50. The molecule has 2 aliphatic heterocycles. The van der Waals surface area contributed by atoms with Crippen LogP contribution >= 0.6 is 0 Å². The van der Waals surface area contributed by atoms with Crippen LogP contribution < -0.4 is 14.8 Å². The number of nitrogens with zero attached hydrogens (tertiary/aromatic N) is 1. The van der Waals surface area contributed by atoms with Gasteiger partial charge in [-0.05, 0) is 36.8 Å². The summed E-state index contributed by atoms with van der Waals surface area (Å²) in [5, 5.41) is 2.82. The van der Waals surface area contributed by atoms with Crippen LogP contribution in [0.25, 0.3) is 0 Å². The predicted octanol–water partition coefficient (Wildman–Crippen LogP) is 1.93. The lowest BCUT2D eigenvalue weighted by atomic mass is 10.1. The quantitative estimate of drug-likeness (QED) is 0.836. The summed E-state index contributed by atoms with van der Waals surface area (Å²) >= 11 is 0. The molecule has 0 radical (unpaired) electrons. The summed E-state index contributed by atoms with van der Waals surface area (Å²) in [6, 6.07) is 11.7. The van der Waals surface area contributed by atoms with E-state index in [1.54, 1.807) is 30.3 Å². The monoisotopic (exact) mass is 366 g/mol. The van der Waals surface area contributed by atoms with Crippen LogP contribution in [0.4, 0.5) is 0 Å². The molecular formula is C20H18N2O5. The number of benzene rings is 2. The van der Waals surface area contributed by atoms with Crippen LogP contribution in [-0.2, 0) is 4.79 Å². The van der Waals surface area contributed by atoms with Crippen LogP contribution in [0.3, 0.4) is 0 Å². The highest BCUT2D eigenvalue weighted by Crippen LogP contribution is 2.32. The van der Waals surface area contributed by atoms with Gasteiger partial charge in [0.05, 0.1) is 17.2 Å². The molecule has 1 unspecified atom stereocenters. The molecule has 4 rings (SSSR count). The standard InChI is InChI=1S/C20H18N2O5/c1-12(13-6-7-16-17(10-13)27-9-8-26-16)21-18(23)11-22-19(24)14-4-2-3-5-15(14)20(22)25/h2-7,10,12H,8-9,11H2,1H3,(H,21,23). The minimum absolute atomic E-state index is 0.316. The zero-order chi connectivity index (χ0) is 19.0. The topological polar surface area (TPSA) is 84.9 Å². The first-order valence-electron chi connectivity index (χ1n) is 8.69. The third-order valence-electron chi connectivity index (χ3n) is 4.62. The minimum atomic E-state index is -0.447. The fourth-order valence-corrected chi connectivity index (χ4v) is 3.23. The predicted molar refractivity (Wildman–Crippen MR) is 95.8 cm³/mol. The molecule has 7 heteroatoms. The van der Waals surface area contributed by atoms with Gasteiger partial charge < -0.3 is 14.8 Å². The molecule has 7 nitrogen and oxygen atoms in total. The second-order valence-electron chi connectivity index (χ2n) is 6.43. The molecule has 0 aromatic heterocycles. The van der Waals surface area contributed by atoms with Crippen molar-refractivity contribution in [1.82, 2.24) is 10.2 Å². The molecule has 1 atom stereocenters. The van der Waals surface area contributed by atoms with E-state index in [4.69, 9.17) is 9.47 Å². The fraction of sp³-hybridized carbons (Fsp3) is 0.250. The molecule has 2 aromatic carbocycles. The zero-order valence-corrected chi connectivity index (χ0v) is 14.7. The van der Waals surface area contributed by atoms with Crippen LogP contribution in [0, 0.1) is 0 Å². The number of carbonyl (C=O) groups is 3. The average molecular weight is 366 g/mol. The Morgan fingerprint density at radius 2 is 1.67 bits per heavy atom. The fourth-order valence-electron chi connectivity index (χ4n) is 3.23. The summed E-state index contributed by atoms with van der Waals surface area (Å²) in [4.78, 5) is 38.1. The molecule has 0 aliphatic carbocycles. The number of nitrogens with one attached hydrogen (secondary N) is 1. The lowest BCUT2D eigenvalue weighted by Gasteiger charge is -2.21. The van der Waals surface area contributed by atoms with Gasteiger partial charge in [0.2, 0.25) is 5.91 Å². The van der Waals surface area contributed by atoms with Crippen molar-refractivity contribution >= 4 is 17.7 Å². The van der Waals surface area contributed by atoms with Gasteiger partial charge in [0.15, 0.2) is 11.5 Å². The number of rotatable bonds is 4. The minimum Gasteiger partial charge on any atom is -0.486 e. The SMILES string of the molecule is CC(NC(=O)CN1C(=O)c2ccccc2C1=O)c1ccc2c(c1)OCCO2. The summed E-state index contributed by atoms with van der Waals surface area (Å²) < 4.78 is 11.0. The van der Waals surface area contributed by atoms with Crippen molar-refractivity contribution < 1.29 is 23.9 Å². The van der Waals surface area contributed by atoms with Gasteiger partial charge in [0.25, 0.3) is 11.8 Å². The van der Waals surface area contributed by atoms with Gasteiger partial charge in [-0.2, -0.15) is 0 Å². The number of carbonyl (C=O) groups excluding carboxylic acids is 3. The summed E-state index contributed by atoms with van der Waals surface area (Å²) in [6.45, 7) is 2.50. The van der Waals surface area contributed by atoms with Gasteiger partial charge in [-0.25, -0.2) is 0 Å². The van der Waals surface area contributed by atoms with E-state index in [1.807, 2.05) is 19.1 Å². The maximum absolute atomic E-state index is 12.4. The van der Waals surface area contributed by atoms with E-state index in [0.29, 0.717) is 35.8 Å². The zero-order valence-electron chi connectivity index (χ0n) is 14.7. The van der Waals surface area contributed by atoms with Crippen molar-refractivity contribution in [3.8, 4) is 11.5 Å². The first-order chi connectivity index (χ1) is 13.0. The molecule has 2 aliphatic rings. The van der Waals surface area contributed by atoms with E-state index in [0.717, 1.165) is 10.5 Å². The van der Waals surface area contributed by atoms with Crippen molar-refractivity contribution in [2.24, 2.45) is 0 Å². The highest BCUT2D eigenvalue weighted by molar-refractivity contribution is 6.22. The van der Waals surface area contributed by atoms with E-state index in [2.05, 4.69) is 5.32 Å². The number of ether oxygens (including phenoxy) is 2. The van der Waals surface area contributed by atoms with Crippen molar-refractivity contribution in [3.05, 3.63) is 59.2 Å². The molecule has 0 saturated heterocycles. The van der Waals surface area contributed by atoms with Gasteiger partial charge in [-0.15, -0.1) is 0 Å². The third kappa shape index (κ3) is 3.12. The van der Waals surface area contributed by atoms with Gasteiger partial charge in [0.1, 0.15) is 19.8 Å². The van der Waals surface area contributed by atoms with Crippen molar-refractivity contribution in [2.75, 3.05) is 19.8 Å². The number of amides is 3. The Balaban J connectivity index is 1.43. The van der Waals surface area contributed by atoms with E-state index >= 15 is 0 Å².